The van der Waals surface area contributed by atoms with Crippen molar-refractivity contribution in [3.63, 3.8) is 0 Å². The first kappa shape index (κ1) is 20.0. The topological polar surface area (TPSA) is 66.8 Å². The molecule has 30 heavy (non-hydrogen) atoms. The van der Waals surface area contributed by atoms with Crippen molar-refractivity contribution >= 4 is 23.5 Å². The van der Waals surface area contributed by atoms with Crippen molar-refractivity contribution in [3.8, 4) is 5.75 Å². The average molecular weight is 403 g/mol. The van der Waals surface area contributed by atoms with E-state index in [1.54, 1.807) is 12.1 Å². The van der Waals surface area contributed by atoms with Crippen LogP contribution in [0.2, 0.25) is 0 Å². The molecule has 5 nitrogen and oxygen atoms in total. The molecule has 0 saturated heterocycles. The van der Waals surface area contributed by atoms with Gasteiger partial charge < -0.3 is 14.7 Å². The van der Waals surface area contributed by atoms with Crippen LogP contribution in [0.15, 0.2) is 59.4 Å². The van der Waals surface area contributed by atoms with E-state index in [-0.39, 0.29) is 5.56 Å². The van der Waals surface area contributed by atoms with Crippen LogP contribution in [0.25, 0.3) is 5.57 Å². The number of anilines is 1. The maximum atomic E-state index is 11.9. The van der Waals surface area contributed by atoms with Gasteiger partial charge in [-0.15, -0.1) is 0 Å². The summed E-state index contributed by atoms with van der Waals surface area (Å²) in [5, 5.41) is 9.79. The number of carboxylic acid groups (broad SMARTS) is 1. The molecule has 2 aromatic rings. The summed E-state index contributed by atoms with van der Waals surface area (Å²) in [5.41, 5.74) is 5.22. The molecule has 2 aromatic carbocycles. The van der Waals surface area contributed by atoms with Gasteiger partial charge in [-0.1, -0.05) is 18.2 Å². The van der Waals surface area contributed by atoms with Crippen molar-refractivity contribution in [2.24, 2.45) is 0 Å². The molecule has 0 aromatic heterocycles. The predicted molar refractivity (Wildman–Crippen MR) is 117 cm³/mol. The molecule has 0 radical (unpaired) electrons. The molecule has 0 fully saturated rings. The van der Waals surface area contributed by atoms with Gasteiger partial charge in [0.25, 0.3) is 0 Å². The zero-order valence-electron chi connectivity index (χ0n) is 17.3. The molecule has 1 aliphatic carbocycles. The molecule has 1 heterocycles. The highest BCUT2D eigenvalue weighted by atomic mass is 16.5. The van der Waals surface area contributed by atoms with Crippen molar-refractivity contribution in [3.05, 3.63) is 76.1 Å². The van der Waals surface area contributed by atoms with Crippen LogP contribution in [0, 0.1) is 0 Å². The van der Waals surface area contributed by atoms with E-state index >= 15 is 0 Å². The van der Waals surface area contributed by atoms with Gasteiger partial charge in [0.05, 0.1) is 5.56 Å². The minimum Gasteiger partial charge on any atom is -0.478 e. The molecular weight excluding hydrogens is 378 g/mol. The molecule has 4 rings (SSSR count). The molecule has 0 atom stereocenters. The standard InChI is InChI=1S/C25H25NO4/c1-3-26(4-2)17-12-13-20-22(14-17)30-24-16(15-27)8-7-11-21(24)23(20)18-9-5-6-10-19(18)25(28)29/h5-6,9-10,12-15H,3-4,7-8,11H2,1-2H3,(H,28,29). The highest BCUT2D eigenvalue weighted by Crippen LogP contribution is 2.47. The van der Waals surface area contributed by atoms with Crippen LogP contribution in [0.5, 0.6) is 5.75 Å². The Labute approximate surface area is 176 Å². The Morgan fingerprint density at radius 2 is 1.87 bits per heavy atom. The summed E-state index contributed by atoms with van der Waals surface area (Å²) in [7, 11) is 0. The monoisotopic (exact) mass is 403 g/mol. The van der Waals surface area contributed by atoms with Gasteiger partial charge in [0.2, 0.25) is 0 Å². The molecule has 0 bridgehead atoms. The van der Waals surface area contributed by atoms with Crippen LogP contribution in [0.1, 0.15) is 54.6 Å². The predicted octanol–water partition coefficient (Wildman–Crippen LogP) is 5.06. The van der Waals surface area contributed by atoms with Gasteiger partial charge in [0.15, 0.2) is 0 Å². The van der Waals surface area contributed by atoms with E-state index in [0.717, 1.165) is 54.6 Å². The van der Waals surface area contributed by atoms with Crippen LogP contribution in [0.3, 0.4) is 0 Å². The molecule has 1 aliphatic heterocycles. The number of hydrogen-bond acceptors (Lipinski definition) is 4. The number of aromatic carboxylic acids is 1. The van der Waals surface area contributed by atoms with Crippen molar-refractivity contribution in [1.29, 1.82) is 0 Å². The molecular formula is C25H25NO4. The smallest absolute Gasteiger partial charge is 0.336 e. The van der Waals surface area contributed by atoms with Crippen molar-refractivity contribution in [1.82, 2.24) is 0 Å². The summed E-state index contributed by atoms with van der Waals surface area (Å²) >= 11 is 0. The van der Waals surface area contributed by atoms with Gasteiger partial charge in [-0.05, 0) is 56.9 Å². The second-order valence-corrected chi connectivity index (χ2v) is 7.48. The summed E-state index contributed by atoms with van der Waals surface area (Å²) < 4.78 is 6.29. The van der Waals surface area contributed by atoms with Gasteiger partial charge in [-0.25, -0.2) is 4.79 Å². The molecule has 0 spiro atoms. The number of carboxylic acids is 1. The SMILES string of the molecule is CCN(CC)c1ccc2c(c1)OC1=C(C=O)CCCC1=C2c1ccccc1C(=O)O. The van der Waals surface area contributed by atoms with Crippen molar-refractivity contribution in [2.45, 2.75) is 33.1 Å². The van der Waals surface area contributed by atoms with Crippen LogP contribution < -0.4 is 9.64 Å². The lowest BCUT2D eigenvalue weighted by atomic mass is 9.81. The fourth-order valence-electron chi connectivity index (χ4n) is 4.41. The molecule has 154 valence electrons. The minimum atomic E-state index is -0.969. The van der Waals surface area contributed by atoms with Crippen LogP contribution in [-0.2, 0) is 4.79 Å². The third kappa shape index (κ3) is 3.30. The first-order chi connectivity index (χ1) is 14.6. The van der Waals surface area contributed by atoms with Crippen LogP contribution >= 0.6 is 0 Å². The lowest BCUT2D eigenvalue weighted by Gasteiger charge is -2.32. The van der Waals surface area contributed by atoms with E-state index in [9.17, 15) is 14.7 Å². The fourth-order valence-corrected chi connectivity index (χ4v) is 4.41. The normalized spacial score (nSPS) is 15.3. The number of aldehydes is 1. The largest absolute Gasteiger partial charge is 0.478 e. The number of carbonyl (C=O) groups is 2. The number of allylic oxidation sites excluding steroid dienone is 2. The number of benzene rings is 2. The summed E-state index contributed by atoms with van der Waals surface area (Å²) in [5.74, 6) is 0.286. The Morgan fingerprint density at radius 3 is 2.57 bits per heavy atom. The number of carbonyl (C=O) groups excluding carboxylic acids is 1. The number of rotatable bonds is 6. The average Bonchev–Trinajstić information content (AvgIpc) is 2.77. The first-order valence-electron chi connectivity index (χ1n) is 10.4. The van der Waals surface area contributed by atoms with Crippen LogP contribution in [-0.4, -0.2) is 30.5 Å². The Hall–Kier alpha value is -3.34. The van der Waals surface area contributed by atoms with Gasteiger partial charge in [-0.2, -0.15) is 0 Å². The highest BCUT2D eigenvalue weighted by Gasteiger charge is 2.32. The van der Waals surface area contributed by atoms with Crippen LogP contribution in [0.4, 0.5) is 5.69 Å². The lowest BCUT2D eigenvalue weighted by Crippen LogP contribution is -2.22. The number of ether oxygens (including phenoxy) is 1. The van der Waals surface area contributed by atoms with Gasteiger partial charge >= 0.3 is 5.97 Å². The third-order valence-electron chi connectivity index (χ3n) is 5.88. The highest BCUT2D eigenvalue weighted by molar-refractivity contribution is 6.00. The Bertz CT molecular complexity index is 1080. The van der Waals surface area contributed by atoms with E-state index in [1.807, 2.05) is 24.3 Å². The molecule has 0 saturated carbocycles. The number of hydrogen-bond donors (Lipinski definition) is 1. The minimum absolute atomic E-state index is 0.248. The molecule has 0 unspecified atom stereocenters. The second-order valence-electron chi connectivity index (χ2n) is 7.48. The zero-order valence-corrected chi connectivity index (χ0v) is 17.3. The third-order valence-corrected chi connectivity index (χ3v) is 5.88. The van der Waals surface area contributed by atoms with E-state index in [0.29, 0.717) is 29.1 Å². The molecule has 2 aliphatic rings. The quantitative estimate of drug-likeness (QED) is 0.683. The Balaban J connectivity index is 2.01. The lowest BCUT2D eigenvalue weighted by molar-refractivity contribution is -0.105. The summed E-state index contributed by atoms with van der Waals surface area (Å²) in [6, 6.07) is 13.1. The Morgan fingerprint density at radius 1 is 1.10 bits per heavy atom. The van der Waals surface area contributed by atoms with E-state index in [4.69, 9.17) is 4.74 Å². The molecule has 1 N–H and O–H groups in total. The molecule has 0 amide bonds. The Kier molecular flexibility index (Phi) is 5.44. The fraction of sp³-hybridized carbons (Fsp3) is 0.280. The van der Waals surface area contributed by atoms with Gasteiger partial charge in [0.1, 0.15) is 17.8 Å². The summed E-state index contributed by atoms with van der Waals surface area (Å²) in [6.07, 6.45) is 3.12. The summed E-state index contributed by atoms with van der Waals surface area (Å²) in [4.78, 5) is 25.9. The molecule has 5 heteroatoms. The van der Waals surface area contributed by atoms with E-state index < -0.39 is 5.97 Å². The maximum absolute atomic E-state index is 11.9. The second kappa shape index (κ2) is 8.19. The summed E-state index contributed by atoms with van der Waals surface area (Å²) in [6.45, 7) is 5.94. The van der Waals surface area contributed by atoms with Crippen molar-refractivity contribution < 1.29 is 19.4 Å². The van der Waals surface area contributed by atoms with E-state index in [2.05, 4.69) is 24.8 Å². The van der Waals surface area contributed by atoms with E-state index in [1.165, 1.54) is 0 Å². The number of nitrogens with zero attached hydrogens (tertiary/aromatic N) is 1. The zero-order chi connectivity index (χ0) is 21.3. The maximum Gasteiger partial charge on any atom is 0.336 e. The number of fused-ring (bicyclic) bond motifs is 2. The van der Waals surface area contributed by atoms with Gasteiger partial charge in [0, 0.05) is 47.1 Å². The van der Waals surface area contributed by atoms with Crippen molar-refractivity contribution in [2.75, 3.05) is 18.0 Å². The van der Waals surface area contributed by atoms with Gasteiger partial charge in [-0.3, -0.25) is 4.79 Å². The first-order valence-corrected chi connectivity index (χ1v) is 10.4.